The third-order valence-corrected chi connectivity index (χ3v) is 3.54. The minimum Gasteiger partial charge on any atom is -0.354 e. The number of hydrogen-bond acceptors (Lipinski definition) is 5. The molecule has 0 amide bonds. The maximum Gasteiger partial charge on any atom is 0.183 e. The van der Waals surface area contributed by atoms with Crippen LogP contribution in [0.5, 0.6) is 0 Å². The van der Waals surface area contributed by atoms with E-state index in [1.807, 2.05) is 7.05 Å². The van der Waals surface area contributed by atoms with E-state index >= 15 is 0 Å². The van der Waals surface area contributed by atoms with Crippen molar-refractivity contribution in [1.82, 2.24) is 25.0 Å². The zero-order valence-electron chi connectivity index (χ0n) is 11.0. The summed E-state index contributed by atoms with van der Waals surface area (Å²) in [6.07, 6.45) is 2.89. The van der Waals surface area contributed by atoms with Gasteiger partial charge in [-0.2, -0.15) is 0 Å². The van der Waals surface area contributed by atoms with Crippen molar-refractivity contribution in [1.29, 1.82) is 0 Å². The van der Waals surface area contributed by atoms with E-state index in [1.165, 1.54) is 6.42 Å². The van der Waals surface area contributed by atoms with Gasteiger partial charge in [-0.15, -0.1) is 5.10 Å². The molecule has 0 saturated carbocycles. The van der Waals surface area contributed by atoms with Crippen molar-refractivity contribution in [3.05, 3.63) is 6.33 Å². The van der Waals surface area contributed by atoms with Crippen LogP contribution in [0.2, 0.25) is 0 Å². The second-order valence-electron chi connectivity index (χ2n) is 5.43. The summed E-state index contributed by atoms with van der Waals surface area (Å²) in [6.45, 7) is 6.65. The Kier molecular flexibility index (Phi) is 2.65. The molecular formula is C12H18N6. The molecular weight excluding hydrogens is 228 g/mol. The Balaban J connectivity index is 2.03. The molecule has 0 aromatic carbocycles. The highest BCUT2D eigenvalue weighted by Crippen LogP contribution is 2.27. The summed E-state index contributed by atoms with van der Waals surface area (Å²) in [5, 5.41) is 8.22. The van der Waals surface area contributed by atoms with Crippen LogP contribution >= 0.6 is 0 Å². The third-order valence-electron chi connectivity index (χ3n) is 3.54. The first-order valence-electron chi connectivity index (χ1n) is 6.40. The van der Waals surface area contributed by atoms with Gasteiger partial charge in [0.2, 0.25) is 0 Å². The van der Waals surface area contributed by atoms with E-state index in [-0.39, 0.29) is 0 Å². The van der Waals surface area contributed by atoms with Gasteiger partial charge >= 0.3 is 0 Å². The summed E-state index contributed by atoms with van der Waals surface area (Å²) in [5.41, 5.74) is 1.60. The van der Waals surface area contributed by atoms with E-state index < -0.39 is 0 Å². The summed E-state index contributed by atoms with van der Waals surface area (Å²) < 4.78 is 1.69. The fourth-order valence-electron chi connectivity index (χ4n) is 2.91. The van der Waals surface area contributed by atoms with Crippen molar-refractivity contribution in [3.8, 4) is 0 Å². The van der Waals surface area contributed by atoms with E-state index in [2.05, 4.69) is 39.0 Å². The van der Waals surface area contributed by atoms with Gasteiger partial charge in [-0.05, 0) is 18.3 Å². The van der Waals surface area contributed by atoms with Crippen molar-refractivity contribution < 1.29 is 0 Å². The molecule has 96 valence electrons. The van der Waals surface area contributed by atoms with Crippen molar-refractivity contribution >= 4 is 17.0 Å². The molecule has 2 aromatic heterocycles. The molecule has 0 radical (unpaired) electrons. The van der Waals surface area contributed by atoms with Crippen LogP contribution in [0.4, 0.5) is 5.82 Å². The normalized spacial score (nSPS) is 24.7. The predicted molar refractivity (Wildman–Crippen MR) is 69.3 cm³/mol. The molecule has 6 nitrogen and oxygen atoms in total. The highest BCUT2D eigenvalue weighted by atomic mass is 15.4. The predicted octanol–water partition coefficient (Wildman–Crippen LogP) is 1.24. The quantitative estimate of drug-likeness (QED) is 0.757. The molecule has 0 unspecified atom stereocenters. The monoisotopic (exact) mass is 246 g/mol. The Labute approximate surface area is 106 Å². The second-order valence-corrected chi connectivity index (χ2v) is 5.43. The van der Waals surface area contributed by atoms with Crippen molar-refractivity contribution in [2.45, 2.75) is 20.3 Å². The van der Waals surface area contributed by atoms with Crippen LogP contribution in [-0.2, 0) is 7.05 Å². The lowest BCUT2D eigenvalue weighted by Gasteiger charge is -2.35. The Morgan fingerprint density at radius 3 is 2.61 bits per heavy atom. The van der Waals surface area contributed by atoms with E-state index in [1.54, 1.807) is 11.0 Å². The molecule has 0 aliphatic carbocycles. The Morgan fingerprint density at radius 2 is 1.89 bits per heavy atom. The number of rotatable bonds is 1. The summed E-state index contributed by atoms with van der Waals surface area (Å²) >= 11 is 0. The number of nitrogens with zero attached hydrogens (tertiary/aromatic N) is 6. The topological polar surface area (TPSA) is 59.7 Å². The lowest BCUT2D eigenvalue weighted by molar-refractivity contribution is 0.355. The first kappa shape index (κ1) is 11.4. The van der Waals surface area contributed by atoms with Gasteiger partial charge in [0.25, 0.3) is 0 Å². The van der Waals surface area contributed by atoms with Gasteiger partial charge in [0.15, 0.2) is 17.0 Å². The standard InChI is InChI=1S/C12H18N6/c1-8-4-9(2)6-18(5-8)12-10-11(13-7-14-12)17(3)16-15-10/h7-9H,4-6H2,1-3H3/t8-,9+. The SMILES string of the molecule is C[C@@H]1C[C@H](C)CN(c2ncnc3c2nnn3C)C1. The molecule has 2 aromatic rings. The first-order chi connectivity index (χ1) is 8.65. The fourth-order valence-corrected chi connectivity index (χ4v) is 2.91. The zero-order valence-corrected chi connectivity index (χ0v) is 11.0. The van der Waals surface area contributed by atoms with E-state index in [0.717, 1.165) is 30.1 Å². The van der Waals surface area contributed by atoms with E-state index in [9.17, 15) is 0 Å². The van der Waals surface area contributed by atoms with E-state index in [4.69, 9.17) is 0 Å². The third kappa shape index (κ3) is 1.81. The molecule has 18 heavy (non-hydrogen) atoms. The van der Waals surface area contributed by atoms with Crippen LogP contribution in [0.1, 0.15) is 20.3 Å². The maximum absolute atomic E-state index is 4.41. The molecule has 2 atom stereocenters. The van der Waals surface area contributed by atoms with Gasteiger partial charge in [-0.3, -0.25) is 0 Å². The van der Waals surface area contributed by atoms with Gasteiger partial charge in [0.1, 0.15) is 6.33 Å². The Morgan fingerprint density at radius 1 is 1.17 bits per heavy atom. The van der Waals surface area contributed by atoms with E-state index in [0.29, 0.717) is 11.8 Å². The maximum atomic E-state index is 4.41. The minimum absolute atomic E-state index is 0.690. The largest absolute Gasteiger partial charge is 0.354 e. The lowest BCUT2D eigenvalue weighted by atomic mass is 9.92. The first-order valence-corrected chi connectivity index (χ1v) is 6.40. The number of aromatic nitrogens is 5. The zero-order chi connectivity index (χ0) is 12.7. The highest BCUT2D eigenvalue weighted by Gasteiger charge is 2.25. The van der Waals surface area contributed by atoms with Crippen molar-refractivity contribution in [2.24, 2.45) is 18.9 Å². The van der Waals surface area contributed by atoms with Crippen molar-refractivity contribution in [3.63, 3.8) is 0 Å². The molecule has 3 rings (SSSR count). The van der Waals surface area contributed by atoms with Gasteiger partial charge in [0, 0.05) is 20.1 Å². The summed E-state index contributed by atoms with van der Waals surface area (Å²) in [4.78, 5) is 11.0. The molecule has 0 N–H and O–H groups in total. The smallest absolute Gasteiger partial charge is 0.183 e. The number of anilines is 1. The molecule has 6 heteroatoms. The summed E-state index contributed by atoms with van der Waals surface area (Å²) in [5.74, 6) is 2.30. The number of fused-ring (bicyclic) bond motifs is 1. The molecule has 1 aliphatic heterocycles. The summed E-state index contributed by atoms with van der Waals surface area (Å²) in [7, 11) is 1.85. The molecule has 1 aliphatic rings. The molecule has 0 bridgehead atoms. The van der Waals surface area contributed by atoms with Crippen LogP contribution in [0.15, 0.2) is 6.33 Å². The van der Waals surface area contributed by atoms with Crippen LogP contribution in [0, 0.1) is 11.8 Å². The van der Waals surface area contributed by atoms with Gasteiger partial charge < -0.3 is 4.90 Å². The Hall–Kier alpha value is -1.72. The molecule has 1 fully saturated rings. The van der Waals surface area contributed by atoms with Gasteiger partial charge in [0.05, 0.1) is 0 Å². The van der Waals surface area contributed by atoms with Crippen LogP contribution < -0.4 is 4.90 Å². The molecule has 1 saturated heterocycles. The highest BCUT2D eigenvalue weighted by molar-refractivity contribution is 5.82. The van der Waals surface area contributed by atoms with Crippen LogP contribution in [-0.4, -0.2) is 38.1 Å². The Bertz CT molecular complexity index is 553. The average Bonchev–Trinajstić information content (AvgIpc) is 2.70. The number of piperidine rings is 1. The second kappa shape index (κ2) is 4.19. The number of hydrogen-bond donors (Lipinski definition) is 0. The number of aryl methyl sites for hydroxylation is 1. The average molecular weight is 246 g/mol. The molecule has 3 heterocycles. The fraction of sp³-hybridized carbons (Fsp3) is 0.667. The van der Waals surface area contributed by atoms with Crippen molar-refractivity contribution in [2.75, 3.05) is 18.0 Å². The van der Waals surface area contributed by atoms with Gasteiger partial charge in [-0.1, -0.05) is 19.1 Å². The summed E-state index contributed by atoms with van der Waals surface area (Å²) in [6, 6.07) is 0. The van der Waals surface area contributed by atoms with Crippen LogP contribution in [0.25, 0.3) is 11.2 Å². The van der Waals surface area contributed by atoms with Gasteiger partial charge in [-0.25, -0.2) is 14.6 Å². The lowest BCUT2D eigenvalue weighted by Crippen LogP contribution is -2.39. The van der Waals surface area contributed by atoms with Crippen LogP contribution in [0.3, 0.4) is 0 Å². The molecule has 0 spiro atoms. The minimum atomic E-state index is 0.690.